The van der Waals surface area contributed by atoms with Gasteiger partial charge in [0.1, 0.15) is 12.4 Å². The van der Waals surface area contributed by atoms with Crippen LogP contribution >= 0.6 is 0 Å². The second-order valence-electron chi connectivity index (χ2n) is 7.03. The van der Waals surface area contributed by atoms with Gasteiger partial charge in [0.15, 0.2) is 0 Å². The van der Waals surface area contributed by atoms with Crippen LogP contribution in [0.3, 0.4) is 0 Å². The van der Waals surface area contributed by atoms with Crippen LogP contribution in [0, 0.1) is 0 Å². The molecule has 27 heavy (non-hydrogen) atoms. The van der Waals surface area contributed by atoms with Gasteiger partial charge in [-0.3, -0.25) is 4.90 Å². The Morgan fingerprint density at radius 3 is 2.67 bits per heavy atom. The van der Waals surface area contributed by atoms with E-state index >= 15 is 0 Å². The number of carboxylic acids is 1. The summed E-state index contributed by atoms with van der Waals surface area (Å²) in [5.74, 6) is -0.280. The lowest BCUT2D eigenvalue weighted by atomic mass is 9.86. The van der Waals surface area contributed by atoms with Gasteiger partial charge >= 0.3 is 5.97 Å². The number of rotatable bonds is 3. The van der Waals surface area contributed by atoms with Crippen molar-refractivity contribution in [1.82, 2.24) is 4.90 Å². The van der Waals surface area contributed by atoms with Crippen LogP contribution in [0.25, 0.3) is 5.57 Å². The maximum absolute atomic E-state index is 11.4. The van der Waals surface area contributed by atoms with Crippen molar-refractivity contribution in [3.63, 3.8) is 0 Å². The molecule has 0 amide bonds. The van der Waals surface area contributed by atoms with Crippen molar-refractivity contribution in [1.29, 1.82) is 0 Å². The Morgan fingerprint density at radius 1 is 1.15 bits per heavy atom. The molecule has 0 radical (unpaired) electrons. The van der Waals surface area contributed by atoms with Gasteiger partial charge in [-0.15, -0.1) is 6.58 Å². The van der Waals surface area contributed by atoms with Crippen LogP contribution in [0.1, 0.15) is 39.9 Å². The Bertz CT molecular complexity index is 919. The van der Waals surface area contributed by atoms with Gasteiger partial charge in [0.25, 0.3) is 0 Å². The van der Waals surface area contributed by atoms with Crippen molar-refractivity contribution >= 4 is 11.5 Å². The molecule has 2 aromatic rings. The molecule has 0 aliphatic carbocycles. The fourth-order valence-electron chi connectivity index (χ4n) is 3.99. The highest BCUT2D eigenvalue weighted by molar-refractivity contribution is 5.92. The van der Waals surface area contributed by atoms with Gasteiger partial charge in [0.05, 0.1) is 5.56 Å². The summed E-state index contributed by atoms with van der Waals surface area (Å²) >= 11 is 0. The van der Waals surface area contributed by atoms with Gasteiger partial charge < -0.3 is 9.84 Å². The first-order valence-corrected chi connectivity index (χ1v) is 9.31. The first-order chi connectivity index (χ1) is 13.2. The minimum absolute atomic E-state index is 0.254. The topological polar surface area (TPSA) is 49.8 Å². The van der Waals surface area contributed by atoms with E-state index in [1.54, 1.807) is 12.1 Å². The average Bonchev–Trinajstić information content (AvgIpc) is 2.85. The van der Waals surface area contributed by atoms with Crippen molar-refractivity contribution in [2.45, 2.75) is 19.4 Å². The summed E-state index contributed by atoms with van der Waals surface area (Å²) in [6.07, 6.45) is 3.95. The molecule has 2 heterocycles. The normalized spacial score (nSPS) is 16.7. The van der Waals surface area contributed by atoms with E-state index in [-0.39, 0.29) is 5.56 Å². The summed E-state index contributed by atoms with van der Waals surface area (Å²) in [4.78, 5) is 13.8. The summed E-state index contributed by atoms with van der Waals surface area (Å²) in [7, 11) is 0. The van der Waals surface area contributed by atoms with Crippen molar-refractivity contribution in [2.24, 2.45) is 0 Å². The minimum Gasteiger partial charge on any atom is -0.488 e. The first-order valence-electron chi connectivity index (χ1n) is 9.31. The third-order valence-corrected chi connectivity index (χ3v) is 5.37. The number of hydrogen-bond acceptors (Lipinski definition) is 3. The maximum atomic E-state index is 11.4. The molecule has 2 aliphatic heterocycles. The Balaban J connectivity index is 1.83. The van der Waals surface area contributed by atoms with E-state index in [4.69, 9.17) is 4.74 Å². The molecule has 0 saturated carbocycles. The number of nitrogens with zero attached hydrogens (tertiary/aromatic N) is 1. The van der Waals surface area contributed by atoms with Gasteiger partial charge in [0.2, 0.25) is 0 Å². The second-order valence-corrected chi connectivity index (χ2v) is 7.03. The number of ether oxygens (including phenoxy) is 1. The number of hydrogen-bond donors (Lipinski definition) is 1. The molecular formula is C23H23NO3. The quantitative estimate of drug-likeness (QED) is 0.825. The molecule has 0 spiro atoms. The number of benzene rings is 2. The predicted octanol–water partition coefficient (Wildman–Crippen LogP) is 4.36. The number of aromatic carboxylic acids is 1. The first kappa shape index (κ1) is 17.6. The monoisotopic (exact) mass is 361 g/mol. The molecule has 4 nitrogen and oxygen atoms in total. The highest BCUT2D eigenvalue weighted by Crippen LogP contribution is 2.41. The molecule has 1 saturated heterocycles. The zero-order chi connectivity index (χ0) is 18.8. The van der Waals surface area contributed by atoms with E-state index in [1.807, 2.05) is 18.2 Å². The van der Waals surface area contributed by atoms with Gasteiger partial charge in [-0.1, -0.05) is 35.9 Å². The maximum Gasteiger partial charge on any atom is 0.335 e. The Labute approximate surface area is 159 Å². The fourth-order valence-corrected chi connectivity index (χ4v) is 3.99. The molecular weight excluding hydrogens is 338 g/mol. The zero-order valence-electron chi connectivity index (χ0n) is 15.3. The van der Waals surface area contributed by atoms with Gasteiger partial charge in [-0.05, 0) is 47.7 Å². The average molecular weight is 361 g/mol. The molecule has 0 aromatic heterocycles. The van der Waals surface area contributed by atoms with Crippen molar-refractivity contribution in [2.75, 3.05) is 19.6 Å². The van der Waals surface area contributed by atoms with Crippen molar-refractivity contribution in [3.8, 4) is 5.75 Å². The van der Waals surface area contributed by atoms with E-state index in [0.717, 1.165) is 43.6 Å². The minimum atomic E-state index is -0.935. The molecule has 1 N–H and O–H groups in total. The van der Waals surface area contributed by atoms with Crippen LogP contribution in [-0.4, -0.2) is 35.6 Å². The number of likely N-dealkylation sites (tertiary alicyclic amines) is 1. The van der Waals surface area contributed by atoms with Crippen molar-refractivity contribution < 1.29 is 14.6 Å². The van der Waals surface area contributed by atoms with Crippen LogP contribution in [-0.2, 0) is 6.61 Å². The van der Waals surface area contributed by atoms with Gasteiger partial charge in [-0.25, -0.2) is 4.79 Å². The highest BCUT2D eigenvalue weighted by Gasteiger charge is 2.25. The molecule has 1 fully saturated rings. The largest absolute Gasteiger partial charge is 0.488 e. The molecule has 138 valence electrons. The van der Waals surface area contributed by atoms with E-state index < -0.39 is 5.97 Å². The smallest absolute Gasteiger partial charge is 0.335 e. The third kappa shape index (κ3) is 3.40. The van der Waals surface area contributed by atoms with E-state index in [2.05, 4.69) is 29.7 Å². The van der Waals surface area contributed by atoms with E-state index in [0.29, 0.717) is 12.4 Å². The number of piperidine rings is 1. The van der Waals surface area contributed by atoms with Crippen LogP contribution < -0.4 is 4.74 Å². The fraction of sp³-hybridized carbons (Fsp3) is 0.261. The highest BCUT2D eigenvalue weighted by atomic mass is 16.5. The van der Waals surface area contributed by atoms with Gasteiger partial charge in [0, 0.05) is 25.2 Å². The molecule has 4 heteroatoms. The second kappa shape index (κ2) is 7.41. The number of fused-ring (bicyclic) bond motifs is 2. The van der Waals surface area contributed by atoms with Crippen LogP contribution in [0.2, 0.25) is 0 Å². The summed E-state index contributed by atoms with van der Waals surface area (Å²) in [6.45, 7) is 7.23. The summed E-state index contributed by atoms with van der Waals surface area (Å²) < 4.78 is 6.03. The van der Waals surface area contributed by atoms with Crippen LogP contribution in [0.5, 0.6) is 5.75 Å². The standard InChI is InChI=1S/C23H23NO3/c1-2-11-24-12-9-16(10-13-24)22-19-6-4-3-5-18(19)15-27-21-14-17(23(25)26)7-8-20(21)22/h2-8,14H,1,9-13,15H2,(H,25,26). The summed E-state index contributed by atoms with van der Waals surface area (Å²) in [5, 5.41) is 9.34. The van der Waals surface area contributed by atoms with E-state index in [1.165, 1.54) is 16.7 Å². The predicted molar refractivity (Wildman–Crippen MR) is 106 cm³/mol. The Kier molecular flexibility index (Phi) is 4.82. The molecule has 2 aromatic carbocycles. The summed E-state index contributed by atoms with van der Waals surface area (Å²) in [6, 6.07) is 13.5. The van der Waals surface area contributed by atoms with Crippen molar-refractivity contribution in [3.05, 3.63) is 82.9 Å². The molecule has 4 rings (SSSR count). The lowest BCUT2D eigenvalue weighted by Crippen LogP contribution is -2.31. The lowest BCUT2D eigenvalue weighted by molar-refractivity contribution is 0.0696. The third-order valence-electron chi connectivity index (χ3n) is 5.37. The SMILES string of the molecule is C=CCN1CCC(=C2c3ccccc3COc3cc(C(=O)O)ccc32)CC1. The Hall–Kier alpha value is -2.85. The Morgan fingerprint density at radius 2 is 1.93 bits per heavy atom. The summed E-state index contributed by atoms with van der Waals surface area (Å²) in [5.41, 5.74) is 6.22. The zero-order valence-corrected chi connectivity index (χ0v) is 15.3. The van der Waals surface area contributed by atoms with Crippen LogP contribution in [0.15, 0.2) is 60.7 Å². The van der Waals surface area contributed by atoms with E-state index in [9.17, 15) is 9.90 Å². The molecule has 0 bridgehead atoms. The van der Waals surface area contributed by atoms with Gasteiger partial charge in [-0.2, -0.15) is 0 Å². The molecule has 0 atom stereocenters. The lowest BCUT2D eigenvalue weighted by Gasteiger charge is -2.29. The number of carbonyl (C=O) groups is 1. The molecule has 2 aliphatic rings. The molecule has 0 unspecified atom stereocenters. The van der Waals surface area contributed by atoms with Crippen LogP contribution in [0.4, 0.5) is 0 Å². The number of carboxylic acid groups (broad SMARTS) is 1.